The molecule has 0 aromatic heterocycles. The summed E-state index contributed by atoms with van der Waals surface area (Å²) in [7, 11) is 1.31. The monoisotopic (exact) mass is 359 g/mol. The highest BCUT2D eigenvalue weighted by atomic mass is 35.5. The van der Waals surface area contributed by atoms with E-state index in [1.807, 2.05) is 0 Å². The molecule has 0 N–H and O–H groups in total. The lowest BCUT2D eigenvalue weighted by Crippen LogP contribution is -2.26. The van der Waals surface area contributed by atoms with Crippen molar-refractivity contribution >= 4 is 23.6 Å². The second kappa shape index (κ2) is 6.20. The average Bonchev–Trinajstić information content (AvgIpc) is 2.86. The minimum absolute atomic E-state index is 0.00305. The molecule has 1 aliphatic carbocycles. The Labute approximate surface area is 142 Å². The number of amides is 1. The molecule has 8 heteroatoms. The van der Waals surface area contributed by atoms with Crippen molar-refractivity contribution in [3.05, 3.63) is 27.8 Å². The van der Waals surface area contributed by atoms with Gasteiger partial charge in [0.2, 0.25) is 6.10 Å². The fourth-order valence-corrected chi connectivity index (χ4v) is 3.43. The molecule has 130 valence electrons. The van der Waals surface area contributed by atoms with Gasteiger partial charge in [-0.1, -0.05) is 11.6 Å². The van der Waals surface area contributed by atoms with Crippen LogP contribution in [0.15, 0.2) is 11.1 Å². The number of methoxy groups -OCH3 is 1. The smallest absolute Gasteiger partial charge is 0.392 e. The lowest BCUT2D eigenvalue weighted by atomic mass is 9.83. The number of halogens is 3. The predicted molar refractivity (Wildman–Crippen MR) is 82.7 cm³/mol. The summed E-state index contributed by atoms with van der Waals surface area (Å²) in [6, 6.07) is 1.47. The van der Waals surface area contributed by atoms with Crippen LogP contribution in [0, 0.1) is 0 Å². The molecule has 1 amide bonds. The topological polar surface area (TPSA) is 57.1 Å². The van der Waals surface area contributed by atoms with Crippen molar-refractivity contribution in [2.24, 2.45) is 4.99 Å². The highest BCUT2D eigenvalue weighted by Gasteiger charge is 2.46. The summed E-state index contributed by atoms with van der Waals surface area (Å²) in [5.41, 5.74) is 0.0859. The van der Waals surface area contributed by atoms with Gasteiger partial charge in [0.25, 0.3) is 11.8 Å². The van der Waals surface area contributed by atoms with E-state index in [9.17, 15) is 13.6 Å². The summed E-state index contributed by atoms with van der Waals surface area (Å²) in [6.45, 7) is 1.93. The van der Waals surface area contributed by atoms with Gasteiger partial charge in [0, 0.05) is 12.0 Å². The maximum absolute atomic E-state index is 14.6. The quantitative estimate of drug-likeness (QED) is 0.824. The van der Waals surface area contributed by atoms with Gasteiger partial charge in [0.1, 0.15) is 5.75 Å². The summed E-state index contributed by atoms with van der Waals surface area (Å²) >= 11 is 6.18. The summed E-state index contributed by atoms with van der Waals surface area (Å²) in [4.78, 5) is 15.8. The number of fused-ring (bicyclic) bond motifs is 1. The van der Waals surface area contributed by atoms with Crippen molar-refractivity contribution in [1.82, 2.24) is 0 Å². The first-order valence-corrected chi connectivity index (χ1v) is 7.96. The number of benzene rings is 1. The van der Waals surface area contributed by atoms with Crippen molar-refractivity contribution in [2.75, 3.05) is 13.7 Å². The van der Waals surface area contributed by atoms with E-state index in [2.05, 4.69) is 4.99 Å². The Morgan fingerprint density at radius 3 is 2.92 bits per heavy atom. The van der Waals surface area contributed by atoms with Crippen molar-refractivity contribution in [2.45, 2.75) is 38.2 Å². The lowest BCUT2D eigenvalue weighted by molar-refractivity contribution is -0.123. The fraction of sp³-hybridized carbons (Fsp3) is 0.500. The molecule has 1 aromatic carbocycles. The summed E-state index contributed by atoms with van der Waals surface area (Å²) in [5, 5.41) is 0.158. The van der Waals surface area contributed by atoms with Crippen molar-refractivity contribution < 1.29 is 27.8 Å². The van der Waals surface area contributed by atoms with Gasteiger partial charge in [0.05, 0.1) is 24.3 Å². The van der Waals surface area contributed by atoms with Gasteiger partial charge < -0.3 is 14.2 Å². The van der Waals surface area contributed by atoms with Crippen LogP contribution in [-0.4, -0.2) is 25.7 Å². The number of carbonyl (C=O) groups is 1. The maximum Gasteiger partial charge on any atom is 0.392 e. The van der Waals surface area contributed by atoms with E-state index in [0.29, 0.717) is 18.4 Å². The molecule has 1 unspecified atom stereocenters. The van der Waals surface area contributed by atoms with E-state index in [1.54, 1.807) is 6.92 Å². The standard InChI is InChI=1S/C16H16ClF2NO4/c1-3-23-15-20-14(21)13(24-15)10-11-8(5-4-6-16(11,18)19)7-9(17)12(10)22-2/h7,13H,3-6H2,1-2H3. The van der Waals surface area contributed by atoms with E-state index in [0.717, 1.165) is 0 Å². The zero-order valence-electron chi connectivity index (χ0n) is 13.2. The van der Waals surface area contributed by atoms with Gasteiger partial charge in [-0.15, -0.1) is 4.99 Å². The van der Waals surface area contributed by atoms with Crippen LogP contribution in [0.5, 0.6) is 5.75 Å². The van der Waals surface area contributed by atoms with Crippen LogP contribution in [0.3, 0.4) is 0 Å². The number of alkyl halides is 2. The van der Waals surface area contributed by atoms with Gasteiger partial charge in [-0.05, 0) is 31.4 Å². The third-order valence-electron chi connectivity index (χ3n) is 4.03. The molecule has 5 nitrogen and oxygen atoms in total. The molecule has 2 aliphatic rings. The minimum atomic E-state index is -3.10. The Hall–Kier alpha value is -1.89. The van der Waals surface area contributed by atoms with E-state index in [1.165, 1.54) is 13.2 Å². The van der Waals surface area contributed by atoms with Crippen LogP contribution >= 0.6 is 11.6 Å². The highest BCUT2D eigenvalue weighted by Crippen LogP contribution is 2.50. The third-order valence-corrected chi connectivity index (χ3v) is 4.31. The summed E-state index contributed by atoms with van der Waals surface area (Å²) in [6.07, 6.45) is -1.11. The Bertz CT molecular complexity index is 721. The fourth-order valence-electron chi connectivity index (χ4n) is 3.12. The van der Waals surface area contributed by atoms with E-state index >= 15 is 0 Å². The molecule has 1 aliphatic heterocycles. The molecule has 1 atom stereocenters. The molecule has 0 saturated carbocycles. The van der Waals surface area contributed by atoms with E-state index < -0.39 is 17.9 Å². The Kier molecular flexibility index (Phi) is 4.38. The van der Waals surface area contributed by atoms with Crippen LogP contribution in [0.1, 0.15) is 42.6 Å². The van der Waals surface area contributed by atoms with Crippen LogP contribution in [0.4, 0.5) is 8.78 Å². The second-order valence-corrected chi connectivity index (χ2v) is 5.95. The second-order valence-electron chi connectivity index (χ2n) is 5.54. The molecular formula is C16H16ClF2NO4. The zero-order chi connectivity index (χ0) is 17.5. The van der Waals surface area contributed by atoms with Gasteiger partial charge in [-0.3, -0.25) is 4.79 Å². The third kappa shape index (κ3) is 2.70. The average molecular weight is 360 g/mol. The van der Waals surface area contributed by atoms with Crippen LogP contribution in [-0.2, 0) is 26.6 Å². The van der Waals surface area contributed by atoms with Gasteiger partial charge in [-0.2, -0.15) is 0 Å². The molecule has 0 spiro atoms. The normalized spacial score (nSPS) is 21.8. The van der Waals surface area contributed by atoms with Crippen molar-refractivity contribution in [3.8, 4) is 5.75 Å². The summed E-state index contributed by atoms with van der Waals surface area (Å²) < 4.78 is 44.8. The van der Waals surface area contributed by atoms with Crippen LogP contribution in [0.2, 0.25) is 5.02 Å². The van der Waals surface area contributed by atoms with Crippen molar-refractivity contribution in [3.63, 3.8) is 0 Å². The molecular weight excluding hydrogens is 344 g/mol. The summed E-state index contributed by atoms with van der Waals surface area (Å²) in [5.74, 6) is -3.82. The largest absolute Gasteiger partial charge is 0.495 e. The number of aryl methyl sites for hydroxylation is 1. The van der Waals surface area contributed by atoms with E-state index in [-0.39, 0.29) is 41.0 Å². The SMILES string of the molecule is CCOC1=NC(=O)C(c2c(OC)c(Cl)cc3c2C(F)(F)CCC3)O1. The van der Waals surface area contributed by atoms with Crippen molar-refractivity contribution in [1.29, 1.82) is 0 Å². The lowest BCUT2D eigenvalue weighted by Gasteiger charge is -2.30. The molecule has 3 rings (SSSR count). The Morgan fingerprint density at radius 2 is 2.25 bits per heavy atom. The Morgan fingerprint density at radius 1 is 1.50 bits per heavy atom. The number of rotatable bonds is 3. The molecule has 0 saturated heterocycles. The van der Waals surface area contributed by atoms with Gasteiger partial charge in [-0.25, -0.2) is 8.78 Å². The first kappa shape index (κ1) is 17.0. The molecule has 1 aromatic rings. The number of hydrogen-bond donors (Lipinski definition) is 0. The predicted octanol–water partition coefficient (Wildman–Crippen LogP) is 3.77. The number of aliphatic imine (C=N–C) groups is 1. The number of ether oxygens (including phenoxy) is 3. The number of hydrogen-bond acceptors (Lipinski definition) is 4. The molecule has 1 heterocycles. The first-order chi connectivity index (χ1) is 11.4. The minimum Gasteiger partial charge on any atom is -0.495 e. The number of carbonyl (C=O) groups excluding carboxylic acids is 1. The van der Waals surface area contributed by atoms with Crippen LogP contribution in [0.25, 0.3) is 0 Å². The molecule has 0 radical (unpaired) electrons. The number of nitrogens with zero attached hydrogens (tertiary/aromatic N) is 1. The molecule has 24 heavy (non-hydrogen) atoms. The zero-order valence-corrected chi connectivity index (χ0v) is 14.0. The Balaban J connectivity index is 2.17. The van der Waals surface area contributed by atoms with Crippen LogP contribution < -0.4 is 4.74 Å². The van der Waals surface area contributed by atoms with Gasteiger partial charge in [0.15, 0.2) is 0 Å². The maximum atomic E-state index is 14.6. The van der Waals surface area contributed by atoms with Gasteiger partial charge >= 0.3 is 6.08 Å². The molecule has 0 bridgehead atoms. The highest BCUT2D eigenvalue weighted by molar-refractivity contribution is 6.32. The first-order valence-electron chi connectivity index (χ1n) is 7.58. The van der Waals surface area contributed by atoms with E-state index in [4.69, 9.17) is 25.8 Å². The molecule has 0 fully saturated rings.